The fourth-order valence-electron chi connectivity index (χ4n) is 2.99. The highest BCUT2D eigenvalue weighted by molar-refractivity contribution is 6.07. The lowest BCUT2D eigenvalue weighted by molar-refractivity contribution is -0.144. The van der Waals surface area contributed by atoms with Crippen LogP contribution in [0.5, 0.6) is 0 Å². The van der Waals surface area contributed by atoms with E-state index >= 15 is 0 Å². The molecule has 5 heteroatoms. The van der Waals surface area contributed by atoms with Crippen molar-refractivity contribution in [2.45, 2.75) is 45.1 Å². The summed E-state index contributed by atoms with van der Waals surface area (Å²) >= 11 is 0. The predicted molar refractivity (Wildman–Crippen MR) is 77.3 cm³/mol. The van der Waals surface area contributed by atoms with Crippen LogP contribution in [0.3, 0.4) is 0 Å². The van der Waals surface area contributed by atoms with Crippen molar-refractivity contribution in [1.29, 1.82) is 0 Å². The molecule has 21 heavy (non-hydrogen) atoms. The van der Waals surface area contributed by atoms with Crippen molar-refractivity contribution in [3.05, 3.63) is 24.2 Å². The molecule has 2 heterocycles. The van der Waals surface area contributed by atoms with Gasteiger partial charge in [-0.05, 0) is 37.8 Å². The normalized spacial score (nSPS) is 20.7. The molecule has 114 valence electrons. The van der Waals surface area contributed by atoms with Crippen LogP contribution in [0.4, 0.5) is 0 Å². The molecule has 1 aliphatic heterocycles. The first-order valence-electron chi connectivity index (χ1n) is 7.82. The van der Waals surface area contributed by atoms with Gasteiger partial charge in [-0.3, -0.25) is 9.59 Å². The molecule has 0 atom stereocenters. The molecule has 5 nitrogen and oxygen atoms in total. The van der Waals surface area contributed by atoms with E-state index in [1.807, 2.05) is 11.0 Å². The molecule has 1 aromatic heterocycles. The van der Waals surface area contributed by atoms with Crippen molar-refractivity contribution in [2.24, 2.45) is 5.41 Å². The molecular weight excluding hydrogens is 268 g/mol. The van der Waals surface area contributed by atoms with E-state index in [0.29, 0.717) is 25.1 Å². The van der Waals surface area contributed by atoms with Crippen LogP contribution in [-0.4, -0.2) is 29.8 Å². The molecule has 0 spiro atoms. The fraction of sp³-hybridized carbons (Fsp3) is 0.625. The summed E-state index contributed by atoms with van der Waals surface area (Å²) in [6.07, 6.45) is 7.39. The van der Waals surface area contributed by atoms with Gasteiger partial charge in [-0.1, -0.05) is 12.8 Å². The molecule has 0 aromatic carbocycles. The first-order chi connectivity index (χ1) is 10.2. The molecule has 1 saturated carbocycles. The molecule has 1 aromatic rings. The maximum absolute atomic E-state index is 12.7. The summed E-state index contributed by atoms with van der Waals surface area (Å²) in [6, 6.07) is 3.60. The van der Waals surface area contributed by atoms with Crippen LogP contribution in [0.2, 0.25) is 0 Å². The summed E-state index contributed by atoms with van der Waals surface area (Å²) in [7, 11) is 0. The second kappa shape index (κ2) is 5.92. The lowest BCUT2D eigenvalue weighted by Gasteiger charge is -2.25. The van der Waals surface area contributed by atoms with Crippen molar-refractivity contribution in [2.75, 3.05) is 13.1 Å². The molecule has 3 rings (SSSR count). The standard InChI is InChI=1S/C16H22N2O3/c19-14(17-12-13-6-5-11-21-13)16(7-8-16)15(20)18-9-3-1-2-4-10-18/h5-6,11H,1-4,7-10,12H2,(H,17,19). The number of rotatable bonds is 4. The summed E-state index contributed by atoms with van der Waals surface area (Å²) in [6.45, 7) is 1.94. The highest BCUT2D eigenvalue weighted by Gasteiger charge is 2.57. The molecule has 2 amide bonds. The van der Waals surface area contributed by atoms with Gasteiger partial charge in [0.25, 0.3) is 0 Å². The van der Waals surface area contributed by atoms with E-state index < -0.39 is 5.41 Å². The van der Waals surface area contributed by atoms with E-state index in [0.717, 1.165) is 25.9 Å². The Hall–Kier alpha value is -1.78. The molecule has 2 aliphatic rings. The van der Waals surface area contributed by atoms with Crippen molar-refractivity contribution < 1.29 is 14.0 Å². The minimum atomic E-state index is -0.795. The van der Waals surface area contributed by atoms with Gasteiger partial charge in [0.15, 0.2) is 0 Å². The molecule has 2 fully saturated rings. The number of nitrogens with one attached hydrogen (secondary N) is 1. The van der Waals surface area contributed by atoms with Crippen molar-refractivity contribution >= 4 is 11.8 Å². The number of furan rings is 1. The van der Waals surface area contributed by atoms with Gasteiger partial charge in [0, 0.05) is 13.1 Å². The largest absolute Gasteiger partial charge is 0.467 e. The van der Waals surface area contributed by atoms with E-state index in [1.165, 1.54) is 12.8 Å². The quantitative estimate of drug-likeness (QED) is 0.864. The average molecular weight is 290 g/mol. The Morgan fingerprint density at radius 3 is 2.48 bits per heavy atom. The smallest absolute Gasteiger partial charge is 0.238 e. The van der Waals surface area contributed by atoms with Gasteiger partial charge < -0.3 is 14.6 Å². The summed E-state index contributed by atoms with van der Waals surface area (Å²) in [4.78, 5) is 27.0. The Morgan fingerprint density at radius 1 is 1.19 bits per heavy atom. The van der Waals surface area contributed by atoms with Gasteiger partial charge >= 0.3 is 0 Å². The van der Waals surface area contributed by atoms with E-state index in [9.17, 15) is 9.59 Å². The van der Waals surface area contributed by atoms with Gasteiger partial charge in [0.1, 0.15) is 11.2 Å². The third-order valence-corrected chi connectivity index (χ3v) is 4.49. The highest BCUT2D eigenvalue weighted by Crippen LogP contribution is 2.47. The minimum absolute atomic E-state index is 0.0290. The Morgan fingerprint density at radius 2 is 1.90 bits per heavy atom. The maximum Gasteiger partial charge on any atom is 0.238 e. The molecular formula is C16H22N2O3. The SMILES string of the molecule is O=C(NCc1ccco1)C1(C(=O)N2CCCCCC2)CC1. The second-order valence-corrected chi connectivity index (χ2v) is 6.05. The number of likely N-dealkylation sites (tertiary alicyclic amines) is 1. The first-order valence-corrected chi connectivity index (χ1v) is 7.82. The number of hydrogen-bond donors (Lipinski definition) is 1. The van der Waals surface area contributed by atoms with Crippen molar-refractivity contribution in [1.82, 2.24) is 10.2 Å². The summed E-state index contributed by atoms with van der Waals surface area (Å²) in [5, 5.41) is 2.84. The van der Waals surface area contributed by atoms with E-state index in [4.69, 9.17) is 4.42 Å². The monoisotopic (exact) mass is 290 g/mol. The molecule has 0 bridgehead atoms. The van der Waals surface area contributed by atoms with Gasteiger partial charge in [0.05, 0.1) is 12.8 Å². The van der Waals surface area contributed by atoms with Crippen LogP contribution in [-0.2, 0) is 16.1 Å². The van der Waals surface area contributed by atoms with E-state index in [1.54, 1.807) is 12.3 Å². The minimum Gasteiger partial charge on any atom is -0.467 e. The Labute approximate surface area is 124 Å². The molecule has 1 N–H and O–H groups in total. The predicted octanol–water partition coefficient (Wildman–Crippen LogP) is 2.08. The first kappa shape index (κ1) is 14.2. The highest BCUT2D eigenvalue weighted by atomic mass is 16.3. The molecule has 0 unspecified atom stereocenters. The Bertz CT molecular complexity index is 498. The Kier molecular flexibility index (Phi) is 3.99. The van der Waals surface area contributed by atoms with Crippen LogP contribution in [0, 0.1) is 5.41 Å². The number of carbonyl (C=O) groups is 2. The summed E-state index contributed by atoms with van der Waals surface area (Å²) in [5.41, 5.74) is -0.795. The van der Waals surface area contributed by atoms with Crippen molar-refractivity contribution in [3.63, 3.8) is 0 Å². The van der Waals surface area contributed by atoms with Crippen LogP contribution >= 0.6 is 0 Å². The number of carbonyl (C=O) groups excluding carboxylic acids is 2. The van der Waals surface area contributed by atoms with Gasteiger partial charge in [-0.2, -0.15) is 0 Å². The van der Waals surface area contributed by atoms with Crippen LogP contribution in [0.1, 0.15) is 44.3 Å². The van der Waals surface area contributed by atoms with Gasteiger partial charge in [-0.15, -0.1) is 0 Å². The van der Waals surface area contributed by atoms with Crippen LogP contribution < -0.4 is 5.32 Å². The maximum atomic E-state index is 12.7. The third-order valence-electron chi connectivity index (χ3n) is 4.49. The zero-order valence-corrected chi connectivity index (χ0v) is 12.3. The van der Waals surface area contributed by atoms with Gasteiger partial charge in [0.2, 0.25) is 11.8 Å². The number of hydrogen-bond acceptors (Lipinski definition) is 3. The van der Waals surface area contributed by atoms with Crippen LogP contribution in [0.15, 0.2) is 22.8 Å². The zero-order chi connectivity index (χ0) is 14.7. The van der Waals surface area contributed by atoms with E-state index in [2.05, 4.69) is 5.32 Å². The summed E-state index contributed by atoms with van der Waals surface area (Å²) < 4.78 is 5.20. The summed E-state index contributed by atoms with van der Waals surface area (Å²) in [5.74, 6) is 0.593. The average Bonchev–Trinajstić information content (AvgIpc) is 3.22. The number of amides is 2. The van der Waals surface area contributed by atoms with Crippen molar-refractivity contribution in [3.8, 4) is 0 Å². The van der Waals surface area contributed by atoms with E-state index in [-0.39, 0.29) is 11.8 Å². The zero-order valence-electron chi connectivity index (χ0n) is 12.3. The second-order valence-electron chi connectivity index (χ2n) is 6.05. The van der Waals surface area contributed by atoms with Crippen LogP contribution in [0.25, 0.3) is 0 Å². The molecule has 1 aliphatic carbocycles. The number of nitrogens with zero attached hydrogens (tertiary/aromatic N) is 1. The topological polar surface area (TPSA) is 62.6 Å². The third kappa shape index (κ3) is 2.96. The Balaban J connectivity index is 1.60. The van der Waals surface area contributed by atoms with Gasteiger partial charge in [-0.25, -0.2) is 0 Å². The lowest BCUT2D eigenvalue weighted by atomic mass is 10.0. The fourth-order valence-corrected chi connectivity index (χ4v) is 2.99. The molecule has 0 radical (unpaired) electrons. The lowest BCUT2D eigenvalue weighted by Crippen LogP contribution is -2.45. The molecule has 1 saturated heterocycles.